The summed E-state index contributed by atoms with van der Waals surface area (Å²) < 4.78 is 13.3. The number of benzene rings is 3. The van der Waals surface area contributed by atoms with E-state index in [1.807, 2.05) is 54.6 Å². The molecule has 0 amide bonds. The monoisotopic (exact) mass is 432 g/mol. The average molecular weight is 433 g/mol. The molecule has 0 radical (unpaired) electrons. The van der Waals surface area contributed by atoms with Crippen LogP contribution in [0.25, 0.3) is 23.2 Å². The van der Waals surface area contributed by atoms with Crippen molar-refractivity contribution in [3.05, 3.63) is 89.2 Å². The Morgan fingerprint density at radius 2 is 1.61 bits per heavy atom. The number of rotatable bonds is 9. The van der Waals surface area contributed by atoms with E-state index < -0.39 is 0 Å². The molecule has 0 spiro atoms. The second-order valence-corrected chi connectivity index (χ2v) is 7.66. The molecule has 1 aromatic heterocycles. The summed E-state index contributed by atoms with van der Waals surface area (Å²) in [5, 5.41) is 0.737. The summed E-state index contributed by atoms with van der Waals surface area (Å²) in [7, 11) is 1.66. The number of aromatic nitrogens is 2. The Bertz CT molecular complexity index is 1150. The van der Waals surface area contributed by atoms with Gasteiger partial charge in [-0.25, -0.2) is 4.98 Å². The lowest BCUT2D eigenvalue weighted by Gasteiger charge is -2.09. The van der Waals surface area contributed by atoms with Gasteiger partial charge < -0.3 is 14.0 Å². The minimum absolute atomic E-state index is 0.676. The van der Waals surface area contributed by atoms with Crippen molar-refractivity contribution in [1.82, 2.24) is 9.55 Å². The fourth-order valence-electron chi connectivity index (χ4n) is 3.43. The van der Waals surface area contributed by atoms with Crippen LogP contribution in [-0.2, 0) is 6.54 Å². The normalized spacial score (nSPS) is 11.3. The maximum absolute atomic E-state index is 5.99. The lowest BCUT2D eigenvalue weighted by Crippen LogP contribution is -2.04. The zero-order valence-corrected chi connectivity index (χ0v) is 18.3. The zero-order valence-electron chi connectivity index (χ0n) is 17.5. The Balaban J connectivity index is 1.40. The van der Waals surface area contributed by atoms with E-state index in [9.17, 15) is 0 Å². The highest BCUT2D eigenvalue weighted by Crippen LogP contribution is 2.20. The highest BCUT2D eigenvalue weighted by atomic mass is 35.5. The van der Waals surface area contributed by atoms with Crippen LogP contribution in [-0.4, -0.2) is 23.3 Å². The van der Waals surface area contributed by atoms with Gasteiger partial charge in [-0.2, -0.15) is 0 Å². The molecule has 0 saturated carbocycles. The number of aryl methyl sites for hydroxylation is 1. The summed E-state index contributed by atoms with van der Waals surface area (Å²) >= 11 is 5.99. The highest BCUT2D eigenvalue weighted by Gasteiger charge is 2.08. The highest BCUT2D eigenvalue weighted by molar-refractivity contribution is 6.30. The lowest BCUT2D eigenvalue weighted by molar-refractivity contribution is 0.303. The maximum atomic E-state index is 5.99. The van der Waals surface area contributed by atoms with Crippen LogP contribution in [0.15, 0.2) is 72.8 Å². The topological polar surface area (TPSA) is 36.3 Å². The van der Waals surface area contributed by atoms with E-state index in [0.29, 0.717) is 6.61 Å². The standard InChI is InChI=1S/C26H25ClN2O2/c1-30-22-13-15-23(16-14-22)31-19-5-4-18-29-25-7-3-2-6-24(25)28-26(29)17-10-20-8-11-21(27)12-9-20/h2-3,6-17H,4-5,18-19H2,1H3/b17-10+. The number of halogens is 1. The fraction of sp³-hybridized carbons (Fsp3) is 0.192. The quantitative estimate of drug-likeness (QED) is 0.275. The minimum atomic E-state index is 0.676. The van der Waals surface area contributed by atoms with Gasteiger partial charge in [-0.1, -0.05) is 41.9 Å². The zero-order chi connectivity index (χ0) is 21.5. The molecule has 0 fully saturated rings. The molecule has 0 bridgehead atoms. The third kappa shape index (κ3) is 5.47. The molecule has 4 nitrogen and oxygen atoms in total. The van der Waals surface area contributed by atoms with Gasteiger partial charge in [0.2, 0.25) is 0 Å². The van der Waals surface area contributed by atoms with Crippen molar-refractivity contribution in [3.8, 4) is 11.5 Å². The van der Waals surface area contributed by atoms with Gasteiger partial charge in [0.05, 0.1) is 24.8 Å². The molecule has 0 atom stereocenters. The Morgan fingerprint density at radius 3 is 2.39 bits per heavy atom. The van der Waals surface area contributed by atoms with E-state index in [4.69, 9.17) is 26.1 Å². The molecule has 3 aromatic carbocycles. The average Bonchev–Trinajstić information content (AvgIpc) is 3.16. The van der Waals surface area contributed by atoms with Crippen LogP contribution < -0.4 is 9.47 Å². The Labute approximate surface area is 187 Å². The van der Waals surface area contributed by atoms with Crippen molar-refractivity contribution in [2.45, 2.75) is 19.4 Å². The van der Waals surface area contributed by atoms with Gasteiger partial charge in [0.1, 0.15) is 17.3 Å². The molecule has 0 unspecified atom stereocenters. The van der Waals surface area contributed by atoms with Crippen LogP contribution in [0.4, 0.5) is 0 Å². The predicted molar refractivity (Wildman–Crippen MR) is 128 cm³/mol. The molecule has 4 rings (SSSR count). The second kappa shape index (κ2) is 10.2. The molecule has 5 heteroatoms. The molecule has 0 aliphatic heterocycles. The molecule has 158 valence electrons. The van der Waals surface area contributed by atoms with E-state index in [1.165, 1.54) is 0 Å². The first-order valence-corrected chi connectivity index (χ1v) is 10.8. The molecule has 0 aliphatic rings. The van der Waals surface area contributed by atoms with Gasteiger partial charge in [0, 0.05) is 11.6 Å². The molecule has 0 saturated heterocycles. The first-order chi connectivity index (χ1) is 15.2. The van der Waals surface area contributed by atoms with Gasteiger partial charge in [0.25, 0.3) is 0 Å². The number of hydrogen-bond acceptors (Lipinski definition) is 3. The smallest absolute Gasteiger partial charge is 0.133 e. The number of hydrogen-bond donors (Lipinski definition) is 0. The number of fused-ring (bicyclic) bond motifs is 1. The van der Waals surface area contributed by atoms with Crippen LogP contribution in [0.2, 0.25) is 5.02 Å². The van der Waals surface area contributed by atoms with E-state index in [2.05, 4.69) is 34.9 Å². The lowest BCUT2D eigenvalue weighted by atomic mass is 10.2. The third-order valence-corrected chi connectivity index (χ3v) is 5.34. The van der Waals surface area contributed by atoms with Crippen molar-refractivity contribution < 1.29 is 9.47 Å². The van der Waals surface area contributed by atoms with Crippen molar-refractivity contribution in [2.24, 2.45) is 0 Å². The van der Waals surface area contributed by atoms with Gasteiger partial charge in [0.15, 0.2) is 0 Å². The largest absolute Gasteiger partial charge is 0.497 e. The molecule has 0 N–H and O–H groups in total. The van der Waals surface area contributed by atoms with Gasteiger partial charge in [-0.3, -0.25) is 0 Å². The SMILES string of the molecule is COc1ccc(OCCCCn2c(/C=C/c3ccc(Cl)cc3)nc3ccccc32)cc1. The van der Waals surface area contributed by atoms with Crippen LogP contribution >= 0.6 is 11.6 Å². The van der Waals surface area contributed by atoms with Crippen LogP contribution in [0.5, 0.6) is 11.5 Å². The molecule has 0 aliphatic carbocycles. The third-order valence-electron chi connectivity index (χ3n) is 5.08. The predicted octanol–water partition coefficient (Wildman–Crippen LogP) is 6.73. The first kappa shape index (κ1) is 21.0. The second-order valence-electron chi connectivity index (χ2n) is 7.23. The number of methoxy groups -OCH3 is 1. The van der Waals surface area contributed by atoms with E-state index in [-0.39, 0.29) is 0 Å². The number of imidazole rings is 1. The van der Waals surface area contributed by atoms with Gasteiger partial charge in [-0.05, 0) is 73.0 Å². The number of nitrogens with zero attached hydrogens (tertiary/aromatic N) is 2. The maximum Gasteiger partial charge on any atom is 0.133 e. The van der Waals surface area contributed by atoms with Crippen molar-refractivity contribution in [2.75, 3.05) is 13.7 Å². The Kier molecular flexibility index (Phi) is 6.90. The molecular formula is C26H25ClN2O2. The summed E-state index contributed by atoms with van der Waals surface area (Å²) in [5.41, 5.74) is 3.25. The Morgan fingerprint density at radius 1 is 0.871 bits per heavy atom. The summed E-state index contributed by atoms with van der Waals surface area (Å²) in [6.45, 7) is 1.56. The van der Waals surface area contributed by atoms with Crippen molar-refractivity contribution >= 4 is 34.8 Å². The van der Waals surface area contributed by atoms with E-state index in [0.717, 1.165) is 58.3 Å². The van der Waals surface area contributed by atoms with E-state index >= 15 is 0 Å². The van der Waals surface area contributed by atoms with Crippen LogP contribution in [0.1, 0.15) is 24.2 Å². The van der Waals surface area contributed by atoms with Gasteiger partial charge >= 0.3 is 0 Å². The van der Waals surface area contributed by atoms with Crippen molar-refractivity contribution in [1.29, 1.82) is 0 Å². The van der Waals surface area contributed by atoms with Crippen LogP contribution in [0, 0.1) is 0 Å². The van der Waals surface area contributed by atoms with E-state index in [1.54, 1.807) is 7.11 Å². The molecule has 31 heavy (non-hydrogen) atoms. The number of para-hydroxylation sites is 2. The summed E-state index contributed by atoms with van der Waals surface area (Å²) in [4.78, 5) is 4.82. The molecule has 4 aromatic rings. The first-order valence-electron chi connectivity index (χ1n) is 10.4. The summed E-state index contributed by atoms with van der Waals surface area (Å²) in [6.07, 6.45) is 6.09. The Hall–Kier alpha value is -3.24. The summed E-state index contributed by atoms with van der Waals surface area (Å²) in [6, 6.07) is 23.7. The molecular weight excluding hydrogens is 408 g/mol. The van der Waals surface area contributed by atoms with Gasteiger partial charge in [-0.15, -0.1) is 0 Å². The fourth-order valence-corrected chi connectivity index (χ4v) is 3.56. The minimum Gasteiger partial charge on any atom is -0.497 e. The van der Waals surface area contributed by atoms with Crippen LogP contribution in [0.3, 0.4) is 0 Å². The number of unbranched alkanes of at least 4 members (excludes halogenated alkanes) is 1. The summed E-state index contributed by atoms with van der Waals surface area (Å²) in [5.74, 6) is 2.64. The van der Waals surface area contributed by atoms with Crippen molar-refractivity contribution in [3.63, 3.8) is 0 Å². The number of ether oxygens (including phenoxy) is 2. The molecule has 1 heterocycles.